The highest BCUT2D eigenvalue weighted by atomic mass is 19.1. The van der Waals surface area contributed by atoms with Gasteiger partial charge < -0.3 is 10.4 Å². The van der Waals surface area contributed by atoms with Crippen molar-refractivity contribution < 1.29 is 9.50 Å². The zero-order valence-electron chi connectivity index (χ0n) is 9.54. The van der Waals surface area contributed by atoms with E-state index in [1.54, 1.807) is 12.1 Å². The SMILES string of the molecule is Cc1ccc(F)cc1CC1CNCCC1O. The van der Waals surface area contributed by atoms with Gasteiger partial charge in [-0.1, -0.05) is 6.07 Å². The maximum atomic E-state index is 13.1. The van der Waals surface area contributed by atoms with Crippen molar-refractivity contribution in [3.05, 3.63) is 35.1 Å². The van der Waals surface area contributed by atoms with Gasteiger partial charge in [-0.3, -0.25) is 0 Å². The van der Waals surface area contributed by atoms with Crippen LogP contribution in [0.1, 0.15) is 17.5 Å². The Hall–Kier alpha value is -0.930. The predicted molar refractivity (Wildman–Crippen MR) is 61.8 cm³/mol. The Morgan fingerprint density at radius 1 is 1.50 bits per heavy atom. The highest BCUT2D eigenvalue weighted by molar-refractivity contribution is 5.27. The van der Waals surface area contributed by atoms with Gasteiger partial charge in [0.1, 0.15) is 5.82 Å². The molecule has 1 aromatic carbocycles. The lowest BCUT2D eigenvalue weighted by molar-refractivity contribution is 0.0790. The van der Waals surface area contributed by atoms with Gasteiger partial charge >= 0.3 is 0 Å². The van der Waals surface area contributed by atoms with Crippen LogP contribution in [-0.2, 0) is 6.42 Å². The fraction of sp³-hybridized carbons (Fsp3) is 0.538. The van der Waals surface area contributed by atoms with Gasteiger partial charge in [0.15, 0.2) is 0 Å². The van der Waals surface area contributed by atoms with Gasteiger partial charge in [0.05, 0.1) is 6.10 Å². The quantitative estimate of drug-likeness (QED) is 0.799. The number of aliphatic hydroxyl groups is 1. The van der Waals surface area contributed by atoms with Gasteiger partial charge in [0, 0.05) is 12.5 Å². The van der Waals surface area contributed by atoms with Crippen molar-refractivity contribution in [3.63, 3.8) is 0 Å². The number of piperidine rings is 1. The van der Waals surface area contributed by atoms with Crippen LogP contribution in [0.4, 0.5) is 4.39 Å². The summed E-state index contributed by atoms with van der Waals surface area (Å²) in [6.07, 6.45) is 1.28. The normalized spacial score (nSPS) is 25.7. The molecule has 0 saturated carbocycles. The fourth-order valence-electron chi connectivity index (χ4n) is 2.26. The molecule has 0 radical (unpaired) electrons. The average Bonchev–Trinajstić information content (AvgIpc) is 2.27. The van der Waals surface area contributed by atoms with E-state index in [9.17, 15) is 9.50 Å². The molecule has 0 amide bonds. The van der Waals surface area contributed by atoms with Crippen molar-refractivity contribution in [2.45, 2.75) is 25.9 Å². The summed E-state index contributed by atoms with van der Waals surface area (Å²) in [4.78, 5) is 0. The number of hydrogen-bond donors (Lipinski definition) is 2. The molecule has 1 saturated heterocycles. The standard InChI is InChI=1S/C13H18FNO/c1-9-2-3-12(14)7-10(9)6-11-8-15-5-4-13(11)16/h2-3,7,11,13,15-16H,4-6,8H2,1H3. The molecule has 1 aliphatic heterocycles. The van der Waals surface area contributed by atoms with Gasteiger partial charge in [-0.05, 0) is 49.6 Å². The number of aliphatic hydroxyl groups excluding tert-OH is 1. The molecule has 1 fully saturated rings. The van der Waals surface area contributed by atoms with Crippen molar-refractivity contribution in [2.75, 3.05) is 13.1 Å². The number of halogens is 1. The van der Waals surface area contributed by atoms with Gasteiger partial charge in [0.2, 0.25) is 0 Å². The summed E-state index contributed by atoms with van der Waals surface area (Å²) >= 11 is 0. The van der Waals surface area contributed by atoms with Crippen molar-refractivity contribution in [1.29, 1.82) is 0 Å². The van der Waals surface area contributed by atoms with E-state index in [1.165, 1.54) is 6.07 Å². The molecule has 2 unspecified atom stereocenters. The van der Waals surface area contributed by atoms with Crippen molar-refractivity contribution in [3.8, 4) is 0 Å². The second-order valence-corrected chi connectivity index (χ2v) is 4.60. The number of benzene rings is 1. The van der Waals surface area contributed by atoms with Gasteiger partial charge in [-0.2, -0.15) is 0 Å². The maximum absolute atomic E-state index is 13.1. The number of aryl methyl sites for hydroxylation is 1. The topological polar surface area (TPSA) is 32.3 Å². The van der Waals surface area contributed by atoms with E-state index in [1.807, 2.05) is 6.92 Å². The second kappa shape index (κ2) is 4.93. The van der Waals surface area contributed by atoms with Crippen molar-refractivity contribution >= 4 is 0 Å². The van der Waals surface area contributed by atoms with Crippen LogP contribution in [0, 0.1) is 18.7 Å². The molecule has 0 spiro atoms. The molecule has 1 aromatic rings. The third-order valence-electron chi connectivity index (χ3n) is 3.36. The molecule has 2 rings (SSSR count). The number of hydrogen-bond acceptors (Lipinski definition) is 2. The van der Waals surface area contributed by atoms with Crippen LogP contribution in [0.5, 0.6) is 0 Å². The van der Waals surface area contributed by atoms with Gasteiger partial charge in [0.25, 0.3) is 0 Å². The molecule has 16 heavy (non-hydrogen) atoms. The Morgan fingerprint density at radius 3 is 3.06 bits per heavy atom. The molecule has 2 N–H and O–H groups in total. The first-order chi connectivity index (χ1) is 7.66. The third kappa shape index (κ3) is 2.60. The molecule has 0 bridgehead atoms. The minimum absolute atomic E-state index is 0.196. The first-order valence-corrected chi connectivity index (χ1v) is 5.80. The van der Waals surface area contributed by atoms with E-state index < -0.39 is 0 Å². The summed E-state index contributed by atoms with van der Waals surface area (Å²) in [6.45, 7) is 3.67. The molecular weight excluding hydrogens is 205 g/mol. The molecule has 0 aromatic heterocycles. The highest BCUT2D eigenvalue weighted by Gasteiger charge is 2.23. The van der Waals surface area contributed by atoms with Crippen LogP contribution in [0.15, 0.2) is 18.2 Å². The molecule has 1 heterocycles. The molecule has 2 nitrogen and oxygen atoms in total. The van der Waals surface area contributed by atoms with E-state index >= 15 is 0 Å². The molecular formula is C13H18FNO. The smallest absolute Gasteiger partial charge is 0.123 e. The van der Waals surface area contributed by atoms with Crippen LogP contribution >= 0.6 is 0 Å². The lowest BCUT2D eigenvalue weighted by atomic mass is 9.88. The molecule has 1 aliphatic rings. The Balaban J connectivity index is 2.10. The Bertz CT molecular complexity index is 367. The van der Waals surface area contributed by atoms with E-state index in [2.05, 4.69) is 5.32 Å². The first-order valence-electron chi connectivity index (χ1n) is 5.80. The number of nitrogens with one attached hydrogen (secondary N) is 1. The zero-order valence-corrected chi connectivity index (χ0v) is 9.54. The monoisotopic (exact) mass is 223 g/mol. The summed E-state index contributed by atoms with van der Waals surface area (Å²) in [5.41, 5.74) is 2.10. The van der Waals surface area contributed by atoms with Crippen LogP contribution in [0.2, 0.25) is 0 Å². The summed E-state index contributed by atoms with van der Waals surface area (Å²) in [7, 11) is 0. The van der Waals surface area contributed by atoms with E-state index in [-0.39, 0.29) is 17.8 Å². The lowest BCUT2D eigenvalue weighted by Gasteiger charge is -2.28. The minimum atomic E-state index is -0.260. The van der Waals surface area contributed by atoms with E-state index in [4.69, 9.17) is 0 Å². The minimum Gasteiger partial charge on any atom is -0.393 e. The fourth-order valence-corrected chi connectivity index (χ4v) is 2.26. The highest BCUT2D eigenvalue weighted by Crippen LogP contribution is 2.20. The van der Waals surface area contributed by atoms with E-state index in [0.717, 1.165) is 37.1 Å². The summed E-state index contributed by atoms with van der Waals surface area (Å²) in [6, 6.07) is 4.86. The van der Waals surface area contributed by atoms with Gasteiger partial charge in [-0.15, -0.1) is 0 Å². The molecule has 88 valence electrons. The second-order valence-electron chi connectivity index (χ2n) is 4.60. The van der Waals surface area contributed by atoms with E-state index in [0.29, 0.717) is 0 Å². The van der Waals surface area contributed by atoms with Crippen molar-refractivity contribution in [2.24, 2.45) is 5.92 Å². The maximum Gasteiger partial charge on any atom is 0.123 e. The Labute approximate surface area is 95.5 Å². The van der Waals surface area contributed by atoms with Crippen LogP contribution in [0.3, 0.4) is 0 Å². The third-order valence-corrected chi connectivity index (χ3v) is 3.36. The van der Waals surface area contributed by atoms with Gasteiger partial charge in [-0.25, -0.2) is 4.39 Å². The average molecular weight is 223 g/mol. The molecule has 3 heteroatoms. The summed E-state index contributed by atoms with van der Waals surface area (Å²) in [5.74, 6) is 0.00751. The number of rotatable bonds is 2. The first kappa shape index (κ1) is 11.6. The van der Waals surface area contributed by atoms with Crippen LogP contribution in [0.25, 0.3) is 0 Å². The largest absolute Gasteiger partial charge is 0.393 e. The summed E-state index contributed by atoms with van der Waals surface area (Å²) < 4.78 is 13.1. The lowest BCUT2D eigenvalue weighted by Crippen LogP contribution is -2.40. The van der Waals surface area contributed by atoms with Crippen LogP contribution in [-0.4, -0.2) is 24.3 Å². The Morgan fingerprint density at radius 2 is 2.31 bits per heavy atom. The Kier molecular flexibility index (Phi) is 3.56. The summed E-state index contributed by atoms with van der Waals surface area (Å²) in [5, 5.41) is 13.1. The predicted octanol–water partition coefficient (Wildman–Crippen LogP) is 1.65. The zero-order chi connectivity index (χ0) is 11.5. The van der Waals surface area contributed by atoms with Crippen LogP contribution < -0.4 is 5.32 Å². The van der Waals surface area contributed by atoms with Crippen molar-refractivity contribution in [1.82, 2.24) is 5.32 Å². The molecule has 0 aliphatic carbocycles. The molecule has 2 atom stereocenters.